The van der Waals surface area contributed by atoms with Crippen molar-refractivity contribution in [1.29, 1.82) is 0 Å². The summed E-state index contributed by atoms with van der Waals surface area (Å²) in [5.41, 5.74) is 0. The first-order valence-corrected chi connectivity index (χ1v) is 5.46. The van der Waals surface area contributed by atoms with E-state index in [1.807, 2.05) is 0 Å². The molecular weight excluding hydrogens is 178 g/mol. The summed E-state index contributed by atoms with van der Waals surface area (Å²) >= 11 is 0. The van der Waals surface area contributed by atoms with Crippen LogP contribution in [0.15, 0.2) is 0 Å². The van der Waals surface area contributed by atoms with Gasteiger partial charge in [-0.2, -0.15) is 0 Å². The van der Waals surface area contributed by atoms with E-state index in [1.165, 1.54) is 32.6 Å². The van der Waals surface area contributed by atoms with Gasteiger partial charge in [-0.05, 0) is 19.5 Å². The molecule has 0 spiro atoms. The first kappa shape index (κ1) is 9.93. The molecule has 3 unspecified atom stereocenters. The molecule has 3 aliphatic heterocycles. The average Bonchev–Trinajstić information content (AvgIpc) is 2.48. The fourth-order valence-electron chi connectivity index (χ4n) is 2.41. The topological polar surface area (TPSA) is 35.6 Å². The molecule has 0 aliphatic carbocycles. The van der Waals surface area contributed by atoms with Gasteiger partial charge in [0.2, 0.25) is 5.91 Å². The zero-order valence-electron chi connectivity index (χ0n) is 8.83. The zero-order chi connectivity index (χ0) is 9.97. The number of nitrogens with zero attached hydrogens (tertiary/aromatic N) is 2. The number of amides is 1. The van der Waals surface area contributed by atoms with E-state index in [0.717, 1.165) is 13.1 Å². The normalized spacial score (nSPS) is 36.5. The molecule has 0 aromatic carbocycles. The van der Waals surface area contributed by atoms with Gasteiger partial charge in [0.15, 0.2) is 0 Å². The smallest absolute Gasteiger partial charge is 0.216 e. The lowest BCUT2D eigenvalue weighted by molar-refractivity contribution is -0.119. The summed E-state index contributed by atoms with van der Waals surface area (Å²) in [6.07, 6.45) is 1.27. The van der Waals surface area contributed by atoms with Crippen LogP contribution in [0, 0.1) is 0 Å². The molecule has 3 fully saturated rings. The second kappa shape index (κ2) is 4.28. The molecule has 4 nitrogen and oxygen atoms in total. The monoisotopic (exact) mass is 197 g/mol. The SMILES string of the molecule is CC(=O)NCC1CN2CCCN1CC2. The molecule has 0 saturated carbocycles. The summed E-state index contributed by atoms with van der Waals surface area (Å²) in [5.74, 6) is 0.0846. The lowest BCUT2D eigenvalue weighted by Crippen LogP contribution is -2.54. The first-order chi connectivity index (χ1) is 6.75. The van der Waals surface area contributed by atoms with Crippen LogP contribution in [0.1, 0.15) is 13.3 Å². The maximum Gasteiger partial charge on any atom is 0.216 e. The van der Waals surface area contributed by atoms with Crippen LogP contribution in [0.2, 0.25) is 0 Å². The van der Waals surface area contributed by atoms with Crippen molar-refractivity contribution in [2.45, 2.75) is 19.4 Å². The Hall–Kier alpha value is -0.610. The van der Waals surface area contributed by atoms with Crippen molar-refractivity contribution < 1.29 is 4.79 Å². The molecule has 14 heavy (non-hydrogen) atoms. The summed E-state index contributed by atoms with van der Waals surface area (Å²) in [6.45, 7) is 8.32. The quantitative estimate of drug-likeness (QED) is 0.649. The van der Waals surface area contributed by atoms with E-state index in [2.05, 4.69) is 15.1 Å². The third kappa shape index (κ3) is 2.25. The van der Waals surface area contributed by atoms with Crippen molar-refractivity contribution in [2.24, 2.45) is 0 Å². The van der Waals surface area contributed by atoms with E-state index < -0.39 is 0 Å². The maximum atomic E-state index is 10.8. The van der Waals surface area contributed by atoms with Crippen LogP contribution in [-0.2, 0) is 4.79 Å². The summed E-state index contributed by atoms with van der Waals surface area (Å²) in [6, 6.07) is 0.537. The second-order valence-electron chi connectivity index (χ2n) is 4.28. The van der Waals surface area contributed by atoms with Gasteiger partial charge in [0.25, 0.3) is 0 Å². The minimum Gasteiger partial charge on any atom is -0.355 e. The van der Waals surface area contributed by atoms with Crippen LogP contribution in [-0.4, -0.2) is 61.0 Å². The van der Waals surface area contributed by atoms with Gasteiger partial charge in [-0.1, -0.05) is 0 Å². The highest BCUT2D eigenvalue weighted by Crippen LogP contribution is 2.14. The Bertz CT molecular complexity index is 215. The Balaban J connectivity index is 1.88. The van der Waals surface area contributed by atoms with E-state index in [4.69, 9.17) is 0 Å². The highest BCUT2D eigenvalue weighted by molar-refractivity contribution is 5.72. The van der Waals surface area contributed by atoms with Gasteiger partial charge >= 0.3 is 0 Å². The number of piperazine rings is 1. The van der Waals surface area contributed by atoms with E-state index in [-0.39, 0.29) is 5.91 Å². The van der Waals surface area contributed by atoms with E-state index in [1.54, 1.807) is 6.92 Å². The minimum absolute atomic E-state index is 0.0846. The molecule has 3 rings (SSSR count). The number of fused-ring (bicyclic) bond motifs is 4. The summed E-state index contributed by atoms with van der Waals surface area (Å²) in [7, 11) is 0. The van der Waals surface area contributed by atoms with Gasteiger partial charge in [-0.25, -0.2) is 0 Å². The van der Waals surface area contributed by atoms with E-state index >= 15 is 0 Å². The van der Waals surface area contributed by atoms with Crippen molar-refractivity contribution in [2.75, 3.05) is 39.3 Å². The van der Waals surface area contributed by atoms with Gasteiger partial charge in [0, 0.05) is 39.1 Å². The highest BCUT2D eigenvalue weighted by atomic mass is 16.1. The molecule has 0 aromatic heterocycles. The van der Waals surface area contributed by atoms with Crippen LogP contribution >= 0.6 is 0 Å². The zero-order valence-corrected chi connectivity index (χ0v) is 8.83. The molecule has 1 amide bonds. The van der Waals surface area contributed by atoms with Crippen molar-refractivity contribution in [1.82, 2.24) is 15.1 Å². The van der Waals surface area contributed by atoms with Crippen LogP contribution in [0.5, 0.6) is 0 Å². The second-order valence-corrected chi connectivity index (χ2v) is 4.28. The minimum atomic E-state index is 0.0846. The van der Waals surface area contributed by atoms with Crippen molar-refractivity contribution in [3.63, 3.8) is 0 Å². The van der Waals surface area contributed by atoms with Crippen molar-refractivity contribution in [3.05, 3.63) is 0 Å². The third-order valence-corrected chi connectivity index (χ3v) is 3.20. The molecule has 0 aromatic rings. The van der Waals surface area contributed by atoms with Gasteiger partial charge in [-0.15, -0.1) is 0 Å². The molecule has 80 valence electrons. The van der Waals surface area contributed by atoms with Crippen LogP contribution in [0.4, 0.5) is 0 Å². The third-order valence-electron chi connectivity index (χ3n) is 3.20. The molecule has 1 N–H and O–H groups in total. The standard InChI is InChI=1S/C10H19N3O/c1-9(14)11-7-10-8-12-3-2-4-13(10)6-5-12/h10H,2-8H2,1H3,(H,11,14). The Morgan fingerprint density at radius 1 is 1.36 bits per heavy atom. The fourth-order valence-corrected chi connectivity index (χ4v) is 2.41. The van der Waals surface area contributed by atoms with Gasteiger partial charge in [-0.3, -0.25) is 9.69 Å². The number of rotatable bonds is 2. The number of nitrogens with one attached hydrogen (secondary N) is 1. The van der Waals surface area contributed by atoms with Gasteiger partial charge in [0.05, 0.1) is 0 Å². The molecule has 2 bridgehead atoms. The molecule has 0 radical (unpaired) electrons. The van der Waals surface area contributed by atoms with Gasteiger partial charge < -0.3 is 10.2 Å². The predicted octanol–water partition coefficient (Wildman–Crippen LogP) is -0.488. The Labute approximate surface area is 85.2 Å². The van der Waals surface area contributed by atoms with Crippen molar-refractivity contribution in [3.8, 4) is 0 Å². The Morgan fingerprint density at radius 3 is 3.00 bits per heavy atom. The van der Waals surface area contributed by atoms with E-state index in [0.29, 0.717) is 6.04 Å². The predicted molar refractivity (Wildman–Crippen MR) is 55.1 cm³/mol. The number of carbonyl (C=O) groups is 1. The molecule has 3 heterocycles. The summed E-state index contributed by atoms with van der Waals surface area (Å²) in [4.78, 5) is 15.9. The maximum absolute atomic E-state index is 10.8. The molecular formula is C10H19N3O. The Kier molecular flexibility index (Phi) is 3.03. The highest BCUT2D eigenvalue weighted by Gasteiger charge is 2.29. The fraction of sp³-hybridized carbons (Fsp3) is 0.900. The van der Waals surface area contributed by atoms with Gasteiger partial charge in [0.1, 0.15) is 0 Å². The lowest BCUT2D eigenvalue weighted by atomic mass is 10.2. The van der Waals surface area contributed by atoms with Crippen LogP contribution in [0.3, 0.4) is 0 Å². The molecule has 3 atom stereocenters. The average molecular weight is 197 g/mol. The molecule has 3 saturated heterocycles. The number of hydrogen-bond acceptors (Lipinski definition) is 3. The summed E-state index contributed by atoms with van der Waals surface area (Å²) in [5, 5.41) is 2.92. The molecule has 3 aliphatic rings. The number of carbonyl (C=O) groups excluding carboxylic acids is 1. The van der Waals surface area contributed by atoms with Crippen LogP contribution in [0.25, 0.3) is 0 Å². The first-order valence-electron chi connectivity index (χ1n) is 5.46. The lowest BCUT2D eigenvalue weighted by Gasteiger charge is -2.37. The largest absolute Gasteiger partial charge is 0.355 e. The van der Waals surface area contributed by atoms with Crippen LogP contribution < -0.4 is 5.32 Å². The van der Waals surface area contributed by atoms with Crippen molar-refractivity contribution >= 4 is 5.91 Å². The Morgan fingerprint density at radius 2 is 2.21 bits per heavy atom. The number of hydrogen-bond donors (Lipinski definition) is 1. The molecule has 4 heteroatoms. The van der Waals surface area contributed by atoms with E-state index in [9.17, 15) is 4.79 Å². The summed E-state index contributed by atoms with van der Waals surface area (Å²) < 4.78 is 0.